The van der Waals surface area contributed by atoms with E-state index in [1.54, 1.807) is 0 Å². The van der Waals surface area contributed by atoms with Crippen LogP contribution in [0.25, 0.3) is 0 Å². The number of unbranched alkanes of at least 4 members (excludes halogenated alkanes) is 9. The highest BCUT2D eigenvalue weighted by molar-refractivity contribution is 7.46. The number of carbonyl (C=O) groups excluding carboxylic acids is 2. The highest BCUT2D eigenvalue weighted by Gasteiger charge is 2.35. The van der Waals surface area contributed by atoms with Gasteiger partial charge >= 0.3 is 19.8 Å². The lowest BCUT2D eigenvalue weighted by atomic mass is 9.99. The number of epoxide rings is 1. The van der Waals surface area contributed by atoms with Crippen molar-refractivity contribution in [3.8, 4) is 0 Å². The highest BCUT2D eigenvalue weighted by atomic mass is 31.2. The van der Waals surface area contributed by atoms with E-state index in [1.807, 2.05) is 12.2 Å². The molecule has 0 spiro atoms. The second-order valence-corrected chi connectivity index (χ2v) is 15.1. The largest absolute Gasteiger partial charge is 0.469 e. The minimum atomic E-state index is -4.78. The van der Waals surface area contributed by atoms with Crippen molar-refractivity contribution in [1.29, 1.82) is 0 Å². The molecule has 0 aliphatic carbocycles. The summed E-state index contributed by atoms with van der Waals surface area (Å²) < 4.78 is 31.9. The van der Waals surface area contributed by atoms with Crippen molar-refractivity contribution in [3.05, 3.63) is 60.8 Å². The van der Waals surface area contributed by atoms with Crippen molar-refractivity contribution in [2.24, 2.45) is 5.92 Å². The predicted octanol–water partition coefficient (Wildman–Crippen LogP) is 11.0. The van der Waals surface area contributed by atoms with Crippen molar-refractivity contribution >= 4 is 19.8 Å². The van der Waals surface area contributed by atoms with Gasteiger partial charge in [-0.1, -0.05) is 152 Å². The Morgan fingerprint density at radius 3 is 1.75 bits per heavy atom. The summed E-state index contributed by atoms with van der Waals surface area (Å²) in [6.45, 7) is 5.84. The Hall–Kier alpha value is -2.29. The van der Waals surface area contributed by atoms with Crippen LogP contribution in [0.1, 0.15) is 156 Å². The van der Waals surface area contributed by atoms with Gasteiger partial charge in [0.1, 0.15) is 6.61 Å². The van der Waals surface area contributed by atoms with Crippen LogP contribution < -0.4 is 0 Å². The van der Waals surface area contributed by atoms with Gasteiger partial charge in [0.25, 0.3) is 0 Å². The Bertz CT molecular complexity index is 1110. The molecule has 1 rings (SSSR count). The number of esters is 2. The Morgan fingerprint density at radius 1 is 0.673 bits per heavy atom. The molecule has 1 fully saturated rings. The molecule has 9 nitrogen and oxygen atoms in total. The molecule has 4 atom stereocenters. The summed E-state index contributed by atoms with van der Waals surface area (Å²) in [7, 11) is -4.78. The van der Waals surface area contributed by atoms with E-state index < -0.39 is 32.5 Å². The van der Waals surface area contributed by atoms with Crippen molar-refractivity contribution in [3.63, 3.8) is 0 Å². The van der Waals surface area contributed by atoms with Crippen molar-refractivity contribution in [2.75, 3.05) is 13.2 Å². The van der Waals surface area contributed by atoms with Gasteiger partial charge in [-0.3, -0.25) is 14.1 Å². The number of phosphoric ester groups is 1. The van der Waals surface area contributed by atoms with Gasteiger partial charge in [0, 0.05) is 12.8 Å². The molecule has 0 aromatic carbocycles. The summed E-state index contributed by atoms with van der Waals surface area (Å²) in [5, 5.41) is 0. The van der Waals surface area contributed by atoms with E-state index in [9.17, 15) is 14.2 Å². The highest BCUT2D eigenvalue weighted by Crippen LogP contribution is 2.36. The molecule has 3 unspecified atom stereocenters. The van der Waals surface area contributed by atoms with Gasteiger partial charge in [-0.05, 0) is 57.3 Å². The normalized spacial score (nSPS) is 17.6. The van der Waals surface area contributed by atoms with Crippen LogP contribution in [-0.4, -0.2) is 53.3 Å². The van der Waals surface area contributed by atoms with E-state index in [1.165, 1.54) is 51.4 Å². The second-order valence-electron chi connectivity index (χ2n) is 13.9. The molecule has 0 bridgehead atoms. The van der Waals surface area contributed by atoms with Gasteiger partial charge in [0.05, 0.1) is 18.8 Å². The fraction of sp³-hybridized carbons (Fsp3) is 0.714. The smallest absolute Gasteiger partial charge is 0.462 e. The first-order chi connectivity index (χ1) is 25.1. The monoisotopic (exact) mass is 750 g/mol. The summed E-state index contributed by atoms with van der Waals surface area (Å²) in [6.07, 6.45) is 41.4. The summed E-state index contributed by atoms with van der Waals surface area (Å²) >= 11 is 0. The number of hydrogen-bond donors (Lipinski definition) is 2. The molecular weight excluding hydrogens is 679 g/mol. The average molecular weight is 751 g/mol. The Kier molecular flexibility index (Phi) is 29.5. The number of phosphoric acid groups is 1. The predicted molar refractivity (Wildman–Crippen MR) is 211 cm³/mol. The Balaban J connectivity index is 2.14. The number of carbonyl (C=O) groups is 2. The average Bonchev–Trinajstić information content (AvgIpc) is 3.87. The third kappa shape index (κ3) is 31.3. The molecule has 0 aromatic rings. The van der Waals surface area contributed by atoms with Gasteiger partial charge in [-0.25, -0.2) is 4.57 Å². The van der Waals surface area contributed by atoms with E-state index in [2.05, 4.69) is 73.9 Å². The molecular formula is C42H71O9P. The minimum Gasteiger partial charge on any atom is -0.462 e. The third-order valence-corrected chi connectivity index (χ3v) is 9.49. The maximum Gasteiger partial charge on any atom is 0.469 e. The molecule has 1 aliphatic rings. The molecule has 10 heteroatoms. The Morgan fingerprint density at radius 2 is 1.19 bits per heavy atom. The summed E-state index contributed by atoms with van der Waals surface area (Å²) in [4.78, 5) is 42.8. The van der Waals surface area contributed by atoms with Gasteiger partial charge in [-0.2, -0.15) is 0 Å². The molecule has 1 aliphatic heterocycles. The lowest BCUT2D eigenvalue weighted by Gasteiger charge is -2.18. The van der Waals surface area contributed by atoms with E-state index in [-0.39, 0.29) is 19.4 Å². The number of ether oxygens (including phenoxy) is 3. The van der Waals surface area contributed by atoms with Crippen LogP contribution >= 0.6 is 7.82 Å². The van der Waals surface area contributed by atoms with E-state index in [0.29, 0.717) is 25.0 Å². The van der Waals surface area contributed by atoms with Crippen LogP contribution in [0.15, 0.2) is 60.8 Å². The van der Waals surface area contributed by atoms with E-state index in [4.69, 9.17) is 24.0 Å². The zero-order chi connectivity index (χ0) is 38.1. The van der Waals surface area contributed by atoms with Crippen LogP contribution in [0.4, 0.5) is 0 Å². The first-order valence-corrected chi connectivity index (χ1v) is 21.6. The van der Waals surface area contributed by atoms with Crippen LogP contribution in [0.5, 0.6) is 0 Å². The summed E-state index contributed by atoms with van der Waals surface area (Å²) in [5.74, 6) is -0.145. The maximum atomic E-state index is 12.4. The van der Waals surface area contributed by atoms with E-state index >= 15 is 0 Å². The molecule has 1 heterocycles. The lowest BCUT2D eigenvalue weighted by Crippen LogP contribution is -2.29. The summed E-state index contributed by atoms with van der Waals surface area (Å²) in [6, 6.07) is 0. The van der Waals surface area contributed by atoms with Crippen molar-refractivity contribution in [1.82, 2.24) is 0 Å². The second kappa shape index (κ2) is 32.2. The standard InChI is InChI=1S/C42H71O9P/c1-4-6-25-31-39-40(51-39)32-27-22-18-14-9-7-8-10-16-20-24-29-34-42(44)50-38(36-49-52(45,46)47)35-48-41(43)33-28-23-19-15-12-11-13-17-21-26-30-37(3)5-2/h6,8-10,14,20,22,24-25,27,37-40H,4-5,7,11-13,15-19,21,23,26,28-36H2,1-3H3,(H2,45,46,47)/b10-8-,14-9-,24-20-,25-6-,27-22-/t37?,38-,39?,40?/m1/s1. The van der Waals surface area contributed by atoms with Crippen molar-refractivity contribution in [2.45, 2.75) is 174 Å². The minimum absolute atomic E-state index is 0.0818. The number of rotatable bonds is 34. The van der Waals surface area contributed by atoms with Gasteiger partial charge < -0.3 is 24.0 Å². The zero-order valence-corrected chi connectivity index (χ0v) is 33.4. The Labute approximate surface area is 315 Å². The SMILES string of the molecule is CC/C=C\CC1OC1C/C=C\C/C=C\C/C=C\C/C=C\CCC(=O)O[C@H](COC(=O)CCCCCCCCCCCCC(C)CC)COP(=O)(O)O. The van der Waals surface area contributed by atoms with Crippen LogP contribution in [0, 0.1) is 5.92 Å². The fourth-order valence-corrected chi connectivity index (χ4v) is 5.89. The number of allylic oxidation sites excluding steroid dienone is 8. The fourth-order valence-electron chi connectivity index (χ4n) is 5.53. The zero-order valence-electron chi connectivity index (χ0n) is 32.5. The maximum absolute atomic E-state index is 12.4. The topological polar surface area (TPSA) is 132 Å². The van der Waals surface area contributed by atoms with Crippen molar-refractivity contribution < 1.29 is 42.7 Å². The molecule has 0 radical (unpaired) electrons. The van der Waals surface area contributed by atoms with Crippen LogP contribution in [-0.2, 0) is 32.9 Å². The van der Waals surface area contributed by atoms with Gasteiger partial charge in [0.2, 0.25) is 0 Å². The molecule has 0 aromatic heterocycles. The molecule has 1 saturated heterocycles. The van der Waals surface area contributed by atoms with Gasteiger partial charge in [-0.15, -0.1) is 0 Å². The lowest BCUT2D eigenvalue weighted by molar-refractivity contribution is -0.161. The molecule has 2 N–H and O–H groups in total. The van der Waals surface area contributed by atoms with Crippen LogP contribution in [0.2, 0.25) is 0 Å². The molecule has 298 valence electrons. The van der Waals surface area contributed by atoms with Gasteiger partial charge in [0.15, 0.2) is 6.10 Å². The first-order valence-electron chi connectivity index (χ1n) is 20.1. The molecule has 0 amide bonds. The summed E-state index contributed by atoms with van der Waals surface area (Å²) in [5.41, 5.74) is 0. The number of hydrogen-bond acceptors (Lipinski definition) is 7. The first kappa shape index (κ1) is 47.7. The van der Waals surface area contributed by atoms with Crippen LogP contribution in [0.3, 0.4) is 0 Å². The molecule has 0 saturated carbocycles. The quantitative estimate of drug-likeness (QED) is 0.0217. The molecule has 52 heavy (non-hydrogen) atoms. The van der Waals surface area contributed by atoms with E-state index in [0.717, 1.165) is 63.7 Å². The third-order valence-electron chi connectivity index (χ3n) is 9.01.